The van der Waals surface area contributed by atoms with E-state index in [1.54, 1.807) is 17.0 Å². The highest BCUT2D eigenvalue weighted by Crippen LogP contribution is 2.18. The molecule has 0 aromatic carbocycles. The molecule has 1 aromatic heterocycles. The molecule has 98 valence electrons. The van der Waals surface area contributed by atoms with Crippen molar-refractivity contribution in [2.45, 2.75) is 0 Å². The number of carbonyl (C=O) groups excluding carboxylic acids is 1. The van der Waals surface area contributed by atoms with Gasteiger partial charge in [-0.25, -0.2) is 4.98 Å². The van der Waals surface area contributed by atoms with Crippen molar-refractivity contribution in [2.75, 3.05) is 45.3 Å². The van der Waals surface area contributed by atoms with Crippen LogP contribution in [-0.4, -0.2) is 56.2 Å². The van der Waals surface area contributed by atoms with Gasteiger partial charge in [-0.05, 0) is 12.1 Å². The van der Waals surface area contributed by atoms with E-state index < -0.39 is 0 Å². The third kappa shape index (κ3) is 2.91. The fraction of sp³-hybridized carbons (Fsp3) is 0.500. The molecule has 2 heterocycles. The third-order valence-electron chi connectivity index (χ3n) is 2.78. The standard InChI is InChI=1S/C12H16ClN3O2/c1-15(2)11-8-9(7-10(13)14-11)12(17)16-3-5-18-6-4-16/h7-8H,3-6H2,1-2H3. The lowest BCUT2D eigenvalue weighted by Gasteiger charge is -2.27. The Bertz CT molecular complexity index is 445. The van der Waals surface area contributed by atoms with Gasteiger partial charge in [0.05, 0.1) is 13.2 Å². The summed E-state index contributed by atoms with van der Waals surface area (Å²) in [5, 5.41) is 0.331. The zero-order chi connectivity index (χ0) is 13.1. The van der Waals surface area contributed by atoms with E-state index in [4.69, 9.17) is 16.3 Å². The molecule has 6 heteroatoms. The molecule has 1 amide bonds. The van der Waals surface area contributed by atoms with E-state index in [1.165, 1.54) is 0 Å². The van der Waals surface area contributed by atoms with E-state index in [9.17, 15) is 4.79 Å². The van der Waals surface area contributed by atoms with Gasteiger partial charge in [0.25, 0.3) is 5.91 Å². The molecule has 0 atom stereocenters. The SMILES string of the molecule is CN(C)c1cc(C(=O)N2CCOCC2)cc(Cl)n1. The number of ether oxygens (including phenoxy) is 1. The van der Waals surface area contributed by atoms with Crippen LogP contribution in [0.25, 0.3) is 0 Å². The summed E-state index contributed by atoms with van der Waals surface area (Å²) in [5.41, 5.74) is 0.570. The van der Waals surface area contributed by atoms with Crippen molar-refractivity contribution in [3.63, 3.8) is 0 Å². The lowest BCUT2D eigenvalue weighted by atomic mass is 10.2. The molecule has 2 rings (SSSR count). The van der Waals surface area contributed by atoms with Gasteiger partial charge in [0, 0.05) is 32.7 Å². The molecule has 1 saturated heterocycles. The van der Waals surface area contributed by atoms with Crippen molar-refractivity contribution in [1.29, 1.82) is 0 Å². The van der Waals surface area contributed by atoms with Crippen LogP contribution >= 0.6 is 11.6 Å². The molecule has 0 radical (unpaired) electrons. The Kier molecular flexibility index (Phi) is 4.04. The predicted molar refractivity (Wildman–Crippen MR) is 70.3 cm³/mol. The van der Waals surface area contributed by atoms with Gasteiger partial charge in [-0.3, -0.25) is 4.79 Å². The number of hydrogen-bond acceptors (Lipinski definition) is 4. The molecule has 18 heavy (non-hydrogen) atoms. The molecule has 1 aromatic rings. The Morgan fingerprint density at radius 1 is 1.39 bits per heavy atom. The van der Waals surface area contributed by atoms with Crippen LogP contribution in [0.1, 0.15) is 10.4 Å². The number of amides is 1. The molecule has 0 N–H and O–H groups in total. The minimum absolute atomic E-state index is 0.0225. The van der Waals surface area contributed by atoms with Gasteiger partial charge >= 0.3 is 0 Å². The number of aromatic nitrogens is 1. The maximum absolute atomic E-state index is 12.3. The maximum atomic E-state index is 12.3. The minimum atomic E-state index is -0.0225. The summed E-state index contributed by atoms with van der Waals surface area (Å²) < 4.78 is 5.23. The normalized spacial score (nSPS) is 15.6. The summed E-state index contributed by atoms with van der Waals surface area (Å²) in [4.78, 5) is 20.0. The highest BCUT2D eigenvalue weighted by Gasteiger charge is 2.19. The molecule has 0 bridgehead atoms. The predicted octanol–water partition coefficient (Wildman–Crippen LogP) is 1.27. The highest BCUT2D eigenvalue weighted by atomic mass is 35.5. The van der Waals surface area contributed by atoms with Crippen LogP contribution in [0.2, 0.25) is 5.15 Å². The second kappa shape index (κ2) is 5.54. The number of anilines is 1. The fourth-order valence-electron chi connectivity index (χ4n) is 1.78. The molecule has 0 spiro atoms. The summed E-state index contributed by atoms with van der Waals surface area (Å²) in [5.74, 6) is 0.657. The number of carbonyl (C=O) groups is 1. The summed E-state index contributed by atoms with van der Waals surface area (Å²) in [6.07, 6.45) is 0. The monoisotopic (exact) mass is 269 g/mol. The number of halogens is 1. The van der Waals surface area contributed by atoms with E-state index in [-0.39, 0.29) is 5.91 Å². The van der Waals surface area contributed by atoms with Gasteiger partial charge < -0.3 is 14.5 Å². The lowest BCUT2D eigenvalue weighted by molar-refractivity contribution is 0.0303. The Hall–Kier alpha value is -1.33. The van der Waals surface area contributed by atoms with Crippen LogP contribution in [0.15, 0.2) is 12.1 Å². The molecule has 0 saturated carbocycles. The van der Waals surface area contributed by atoms with Gasteiger partial charge in [0.15, 0.2) is 0 Å². The molecule has 0 aliphatic carbocycles. The van der Waals surface area contributed by atoms with Crippen LogP contribution in [-0.2, 0) is 4.74 Å². The Labute approximate surface area is 111 Å². The van der Waals surface area contributed by atoms with E-state index in [2.05, 4.69) is 4.98 Å². The van der Waals surface area contributed by atoms with E-state index in [0.29, 0.717) is 42.8 Å². The minimum Gasteiger partial charge on any atom is -0.378 e. The van der Waals surface area contributed by atoms with Crippen molar-refractivity contribution >= 4 is 23.3 Å². The number of hydrogen-bond donors (Lipinski definition) is 0. The highest BCUT2D eigenvalue weighted by molar-refractivity contribution is 6.29. The van der Waals surface area contributed by atoms with Crippen molar-refractivity contribution in [2.24, 2.45) is 0 Å². The zero-order valence-corrected chi connectivity index (χ0v) is 11.3. The van der Waals surface area contributed by atoms with Crippen molar-refractivity contribution in [1.82, 2.24) is 9.88 Å². The average Bonchev–Trinajstić information content (AvgIpc) is 2.38. The summed E-state index contributed by atoms with van der Waals surface area (Å²) in [6.45, 7) is 2.42. The topological polar surface area (TPSA) is 45.7 Å². The Balaban J connectivity index is 2.23. The van der Waals surface area contributed by atoms with Gasteiger partial charge in [-0.1, -0.05) is 11.6 Å². The van der Waals surface area contributed by atoms with E-state index >= 15 is 0 Å². The first-order chi connectivity index (χ1) is 8.58. The largest absolute Gasteiger partial charge is 0.378 e. The van der Waals surface area contributed by atoms with E-state index in [1.807, 2.05) is 19.0 Å². The number of rotatable bonds is 2. The van der Waals surface area contributed by atoms with Crippen molar-refractivity contribution < 1.29 is 9.53 Å². The van der Waals surface area contributed by atoms with Gasteiger partial charge in [0.2, 0.25) is 0 Å². The van der Waals surface area contributed by atoms with E-state index in [0.717, 1.165) is 0 Å². The fourth-order valence-corrected chi connectivity index (χ4v) is 1.99. The lowest BCUT2D eigenvalue weighted by Crippen LogP contribution is -2.40. The van der Waals surface area contributed by atoms with Crippen LogP contribution in [0, 0.1) is 0 Å². The second-order valence-corrected chi connectivity index (χ2v) is 4.72. The van der Waals surface area contributed by atoms with Crippen LogP contribution < -0.4 is 4.90 Å². The quantitative estimate of drug-likeness (QED) is 0.759. The van der Waals surface area contributed by atoms with Crippen molar-refractivity contribution in [3.8, 4) is 0 Å². The Morgan fingerprint density at radius 2 is 2.06 bits per heavy atom. The van der Waals surface area contributed by atoms with Crippen LogP contribution in [0.3, 0.4) is 0 Å². The van der Waals surface area contributed by atoms with Gasteiger partial charge in [-0.2, -0.15) is 0 Å². The first-order valence-electron chi connectivity index (χ1n) is 5.80. The Morgan fingerprint density at radius 3 is 2.67 bits per heavy atom. The zero-order valence-electron chi connectivity index (χ0n) is 10.5. The van der Waals surface area contributed by atoms with Crippen LogP contribution in [0.5, 0.6) is 0 Å². The number of nitrogens with zero attached hydrogens (tertiary/aromatic N) is 3. The third-order valence-corrected chi connectivity index (χ3v) is 2.98. The molecule has 5 nitrogen and oxygen atoms in total. The number of pyridine rings is 1. The molecule has 1 fully saturated rings. The molecule has 1 aliphatic rings. The molecule has 0 unspecified atom stereocenters. The second-order valence-electron chi connectivity index (χ2n) is 4.34. The first kappa shape index (κ1) is 13.1. The number of morpholine rings is 1. The first-order valence-corrected chi connectivity index (χ1v) is 6.17. The van der Waals surface area contributed by atoms with Gasteiger partial charge in [0.1, 0.15) is 11.0 Å². The maximum Gasteiger partial charge on any atom is 0.254 e. The molecular formula is C12H16ClN3O2. The average molecular weight is 270 g/mol. The summed E-state index contributed by atoms with van der Waals surface area (Å²) in [7, 11) is 3.73. The smallest absolute Gasteiger partial charge is 0.254 e. The van der Waals surface area contributed by atoms with Gasteiger partial charge in [-0.15, -0.1) is 0 Å². The molecule has 1 aliphatic heterocycles. The molecular weight excluding hydrogens is 254 g/mol. The summed E-state index contributed by atoms with van der Waals surface area (Å²) >= 11 is 5.94. The van der Waals surface area contributed by atoms with Crippen molar-refractivity contribution in [3.05, 3.63) is 22.8 Å². The van der Waals surface area contributed by atoms with Crippen LogP contribution in [0.4, 0.5) is 5.82 Å². The summed E-state index contributed by atoms with van der Waals surface area (Å²) in [6, 6.07) is 3.36.